The number of pyridine rings is 1. The van der Waals surface area contributed by atoms with Crippen molar-refractivity contribution in [3.63, 3.8) is 0 Å². The quantitative estimate of drug-likeness (QED) is 0.604. The SMILES string of the molecule is Cc1cn2cc(-c3ncc(C(=O)N[C@H]4CCN(C(=O)OC(C)(C)C)[C@@H](C)C4)c(C)n3)cc(F)c2n1. The van der Waals surface area contributed by atoms with E-state index in [1.165, 1.54) is 12.3 Å². The predicted molar refractivity (Wildman–Crippen MR) is 129 cm³/mol. The van der Waals surface area contributed by atoms with Gasteiger partial charge in [-0.2, -0.15) is 0 Å². The summed E-state index contributed by atoms with van der Waals surface area (Å²) in [6, 6.07) is 1.19. The second-order valence-electron chi connectivity index (χ2n) is 10.1. The molecular weight excluding hydrogens is 451 g/mol. The average molecular weight is 483 g/mol. The van der Waals surface area contributed by atoms with E-state index in [2.05, 4.69) is 20.3 Å². The van der Waals surface area contributed by atoms with Gasteiger partial charge in [0.1, 0.15) is 5.60 Å². The molecule has 3 aromatic heterocycles. The van der Waals surface area contributed by atoms with Gasteiger partial charge in [-0.1, -0.05) is 0 Å². The summed E-state index contributed by atoms with van der Waals surface area (Å²) < 4.78 is 21.6. The van der Waals surface area contributed by atoms with Crippen LogP contribution in [-0.4, -0.2) is 60.5 Å². The Morgan fingerprint density at radius 1 is 1.20 bits per heavy atom. The molecule has 0 aliphatic carbocycles. The fourth-order valence-electron chi connectivity index (χ4n) is 4.29. The van der Waals surface area contributed by atoms with E-state index in [-0.39, 0.29) is 29.7 Å². The molecule has 0 aromatic carbocycles. The Bertz CT molecular complexity index is 1280. The van der Waals surface area contributed by atoms with Gasteiger partial charge in [0, 0.05) is 42.8 Å². The van der Waals surface area contributed by atoms with Crippen molar-refractivity contribution in [2.45, 2.75) is 72.1 Å². The van der Waals surface area contributed by atoms with Gasteiger partial charge in [-0.3, -0.25) is 4.79 Å². The molecule has 1 saturated heterocycles. The van der Waals surface area contributed by atoms with Gasteiger partial charge in [0.15, 0.2) is 17.3 Å². The van der Waals surface area contributed by atoms with Crippen LogP contribution in [0.1, 0.15) is 62.3 Å². The van der Waals surface area contributed by atoms with Crippen LogP contribution in [0, 0.1) is 19.7 Å². The van der Waals surface area contributed by atoms with E-state index >= 15 is 0 Å². The normalized spacial score (nSPS) is 18.5. The van der Waals surface area contributed by atoms with Gasteiger partial charge in [-0.15, -0.1) is 0 Å². The number of imidazole rings is 1. The van der Waals surface area contributed by atoms with E-state index in [0.717, 1.165) is 0 Å². The molecule has 1 N–H and O–H groups in total. The summed E-state index contributed by atoms with van der Waals surface area (Å²) in [6.45, 7) is 11.5. The number of halogens is 1. The molecular formula is C25H31FN6O3. The fraction of sp³-hybridized carbons (Fsp3) is 0.480. The molecule has 1 fully saturated rings. The Morgan fingerprint density at radius 3 is 2.60 bits per heavy atom. The maximum Gasteiger partial charge on any atom is 0.410 e. The molecule has 2 amide bonds. The number of likely N-dealkylation sites (tertiary alicyclic amines) is 1. The van der Waals surface area contributed by atoms with E-state index in [0.29, 0.717) is 47.7 Å². The number of aryl methyl sites for hydroxylation is 2. The van der Waals surface area contributed by atoms with Crippen molar-refractivity contribution < 1.29 is 18.7 Å². The van der Waals surface area contributed by atoms with Crippen molar-refractivity contribution in [1.82, 2.24) is 29.6 Å². The Kier molecular flexibility index (Phi) is 6.48. The molecule has 1 aliphatic rings. The molecule has 0 saturated carbocycles. The summed E-state index contributed by atoms with van der Waals surface area (Å²) >= 11 is 0. The van der Waals surface area contributed by atoms with E-state index in [9.17, 15) is 14.0 Å². The van der Waals surface area contributed by atoms with Gasteiger partial charge in [0.05, 0.1) is 17.0 Å². The van der Waals surface area contributed by atoms with Gasteiger partial charge in [-0.05, 0) is 60.5 Å². The summed E-state index contributed by atoms with van der Waals surface area (Å²) in [4.78, 5) is 40.0. The monoisotopic (exact) mass is 482 g/mol. The molecule has 4 heterocycles. The summed E-state index contributed by atoms with van der Waals surface area (Å²) in [5.74, 6) is -0.417. The fourth-order valence-corrected chi connectivity index (χ4v) is 4.29. The Morgan fingerprint density at radius 2 is 1.94 bits per heavy atom. The summed E-state index contributed by atoms with van der Waals surface area (Å²) in [5.41, 5.74) is 1.74. The third-order valence-corrected chi connectivity index (χ3v) is 5.95. The zero-order valence-corrected chi connectivity index (χ0v) is 20.9. The first-order chi connectivity index (χ1) is 16.4. The maximum absolute atomic E-state index is 14.5. The topological polar surface area (TPSA) is 102 Å². The number of hydrogen-bond acceptors (Lipinski definition) is 6. The average Bonchev–Trinajstić information content (AvgIpc) is 3.13. The Labute approximate surface area is 203 Å². The van der Waals surface area contributed by atoms with Crippen molar-refractivity contribution in [2.24, 2.45) is 0 Å². The largest absolute Gasteiger partial charge is 0.444 e. The van der Waals surface area contributed by atoms with Crippen molar-refractivity contribution in [3.05, 3.63) is 47.4 Å². The van der Waals surface area contributed by atoms with E-state index < -0.39 is 11.4 Å². The lowest BCUT2D eigenvalue weighted by atomic mass is 9.98. The number of ether oxygens (including phenoxy) is 1. The van der Waals surface area contributed by atoms with Gasteiger partial charge >= 0.3 is 6.09 Å². The van der Waals surface area contributed by atoms with E-state index in [1.807, 2.05) is 27.7 Å². The third-order valence-electron chi connectivity index (χ3n) is 5.95. The van der Waals surface area contributed by atoms with Gasteiger partial charge in [-0.25, -0.2) is 24.1 Å². The van der Waals surface area contributed by atoms with Crippen LogP contribution in [0.25, 0.3) is 17.0 Å². The minimum absolute atomic E-state index is 0.0692. The van der Waals surface area contributed by atoms with E-state index in [1.54, 1.807) is 35.5 Å². The Balaban J connectivity index is 1.43. The molecule has 10 heteroatoms. The van der Waals surface area contributed by atoms with Gasteiger partial charge in [0.25, 0.3) is 5.91 Å². The predicted octanol–water partition coefficient (Wildman–Crippen LogP) is 4.07. The van der Waals surface area contributed by atoms with Gasteiger partial charge < -0.3 is 19.4 Å². The molecule has 0 spiro atoms. The first kappa shape index (κ1) is 24.6. The number of fused-ring (bicyclic) bond motifs is 1. The minimum Gasteiger partial charge on any atom is -0.444 e. The number of hydrogen-bond donors (Lipinski definition) is 1. The lowest BCUT2D eigenvalue weighted by Gasteiger charge is -2.38. The highest BCUT2D eigenvalue weighted by molar-refractivity contribution is 5.95. The minimum atomic E-state index is -0.555. The van der Waals surface area contributed by atoms with Crippen LogP contribution in [0.4, 0.5) is 9.18 Å². The number of piperidine rings is 1. The maximum atomic E-state index is 14.5. The van der Waals surface area contributed by atoms with Crippen LogP contribution in [0.15, 0.2) is 24.7 Å². The Hall–Kier alpha value is -3.56. The number of carbonyl (C=O) groups is 2. The highest BCUT2D eigenvalue weighted by Crippen LogP contribution is 2.23. The molecule has 186 valence electrons. The van der Waals surface area contributed by atoms with E-state index in [4.69, 9.17) is 4.74 Å². The van der Waals surface area contributed by atoms with Crippen LogP contribution in [0.3, 0.4) is 0 Å². The number of nitrogens with zero attached hydrogens (tertiary/aromatic N) is 5. The van der Waals surface area contributed by atoms with Gasteiger partial charge in [0.2, 0.25) is 0 Å². The highest BCUT2D eigenvalue weighted by atomic mass is 19.1. The summed E-state index contributed by atoms with van der Waals surface area (Å²) in [6.07, 6.45) is 5.81. The number of amides is 2. The first-order valence-corrected chi connectivity index (χ1v) is 11.7. The second kappa shape index (κ2) is 9.24. The molecule has 9 nitrogen and oxygen atoms in total. The third kappa shape index (κ3) is 5.41. The molecule has 1 aliphatic heterocycles. The number of aromatic nitrogens is 4. The molecule has 3 aromatic rings. The lowest BCUT2D eigenvalue weighted by molar-refractivity contribution is 0.00960. The second-order valence-corrected chi connectivity index (χ2v) is 10.1. The zero-order valence-electron chi connectivity index (χ0n) is 20.9. The van der Waals surface area contributed by atoms with Crippen LogP contribution >= 0.6 is 0 Å². The van der Waals surface area contributed by atoms with Crippen LogP contribution in [0.5, 0.6) is 0 Å². The number of nitrogens with one attached hydrogen (secondary N) is 1. The standard InChI is InChI=1S/C25H31FN6O3/c1-14-12-31-13-17(10-20(26)22(31)28-14)21-27-11-19(16(3)29-21)23(33)30-18-7-8-32(15(2)9-18)24(34)35-25(4,5)6/h10-13,15,18H,7-9H2,1-6H3,(H,30,33)/t15-,18-/m0/s1. The van der Waals surface area contributed by atoms with Crippen LogP contribution in [-0.2, 0) is 4.74 Å². The molecule has 35 heavy (non-hydrogen) atoms. The molecule has 0 bridgehead atoms. The molecule has 2 atom stereocenters. The molecule has 0 radical (unpaired) electrons. The van der Waals surface area contributed by atoms with Crippen molar-refractivity contribution >= 4 is 17.6 Å². The van der Waals surface area contributed by atoms with Crippen molar-refractivity contribution in [1.29, 1.82) is 0 Å². The first-order valence-electron chi connectivity index (χ1n) is 11.7. The van der Waals surface area contributed by atoms with Crippen molar-refractivity contribution in [2.75, 3.05) is 6.54 Å². The summed E-state index contributed by atoms with van der Waals surface area (Å²) in [7, 11) is 0. The molecule has 4 rings (SSSR count). The van der Waals surface area contributed by atoms with Crippen LogP contribution < -0.4 is 5.32 Å². The number of rotatable bonds is 3. The molecule has 0 unspecified atom stereocenters. The number of carbonyl (C=O) groups excluding carboxylic acids is 2. The highest BCUT2D eigenvalue weighted by Gasteiger charge is 2.32. The zero-order chi connectivity index (χ0) is 25.5. The van der Waals surface area contributed by atoms with Crippen molar-refractivity contribution in [3.8, 4) is 11.4 Å². The summed E-state index contributed by atoms with van der Waals surface area (Å²) in [5, 5.41) is 3.04. The lowest BCUT2D eigenvalue weighted by Crippen LogP contribution is -2.52. The smallest absolute Gasteiger partial charge is 0.410 e. The van der Waals surface area contributed by atoms with Crippen LogP contribution in [0.2, 0.25) is 0 Å².